The SMILES string of the molecule is COc1ccc(NC(=O)/C(C#N)=C\N(C(C)=O)c2cccc(N)c2)cc1OC. The summed E-state index contributed by atoms with van der Waals surface area (Å²) in [4.78, 5) is 25.7. The molecule has 0 saturated heterocycles. The first-order valence-electron chi connectivity index (χ1n) is 8.20. The van der Waals surface area contributed by atoms with Crippen molar-refractivity contribution >= 4 is 28.9 Å². The summed E-state index contributed by atoms with van der Waals surface area (Å²) < 4.78 is 10.3. The highest BCUT2D eigenvalue weighted by Crippen LogP contribution is 2.30. The highest BCUT2D eigenvalue weighted by atomic mass is 16.5. The number of nitrogen functional groups attached to an aromatic ring is 1. The van der Waals surface area contributed by atoms with Crippen molar-refractivity contribution in [3.8, 4) is 17.6 Å². The lowest BCUT2D eigenvalue weighted by molar-refractivity contribution is -0.116. The van der Waals surface area contributed by atoms with Crippen molar-refractivity contribution in [1.29, 1.82) is 5.26 Å². The minimum absolute atomic E-state index is 0.257. The van der Waals surface area contributed by atoms with Gasteiger partial charge in [0.05, 0.1) is 19.9 Å². The van der Waals surface area contributed by atoms with Gasteiger partial charge in [-0.05, 0) is 30.3 Å². The number of nitrogens with two attached hydrogens (primary N) is 1. The van der Waals surface area contributed by atoms with Gasteiger partial charge < -0.3 is 20.5 Å². The van der Waals surface area contributed by atoms with E-state index < -0.39 is 5.91 Å². The molecule has 8 heteroatoms. The normalized spacial score (nSPS) is 10.6. The van der Waals surface area contributed by atoms with E-state index in [2.05, 4.69) is 5.32 Å². The number of nitrogens with zero attached hydrogens (tertiary/aromatic N) is 2. The van der Waals surface area contributed by atoms with Crippen LogP contribution in [-0.4, -0.2) is 26.0 Å². The number of nitriles is 1. The van der Waals surface area contributed by atoms with Crippen LogP contribution in [-0.2, 0) is 9.59 Å². The third-order valence-electron chi connectivity index (χ3n) is 3.75. The van der Waals surface area contributed by atoms with Gasteiger partial charge in [-0.1, -0.05) is 6.07 Å². The Morgan fingerprint density at radius 2 is 1.86 bits per heavy atom. The van der Waals surface area contributed by atoms with Crippen molar-refractivity contribution in [2.24, 2.45) is 0 Å². The summed E-state index contributed by atoms with van der Waals surface area (Å²) in [5.41, 5.74) is 6.79. The van der Waals surface area contributed by atoms with Gasteiger partial charge in [-0.3, -0.25) is 14.5 Å². The lowest BCUT2D eigenvalue weighted by Gasteiger charge is -2.17. The molecule has 2 aromatic rings. The minimum atomic E-state index is -0.676. The third kappa shape index (κ3) is 4.80. The molecule has 0 heterocycles. The van der Waals surface area contributed by atoms with Crippen LogP contribution < -0.4 is 25.4 Å². The van der Waals surface area contributed by atoms with Gasteiger partial charge in [0.1, 0.15) is 11.6 Å². The van der Waals surface area contributed by atoms with Gasteiger partial charge in [-0.2, -0.15) is 5.26 Å². The molecule has 0 radical (unpaired) electrons. The molecule has 2 aromatic carbocycles. The van der Waals surface area contributed by atoms with E-state index in [1.54, 1.807) is 42.5 Å². The Morgan fingerprint density at radius 3 is 2.43 bits per heavy atom. The molecular weight excluding hydrogens is 360 g/mol. The van der Waals surface area contributed by atoms with Crippen molar-refractivity contribution in [3.63, 3.8) is 0 Å². The summed E-state index contributed by atoms with van der Waals surface area (Å²) >= 11 is 0. The van der Waals surface area contributed by atoms with Gasteiger partial charge in [0.25, 0.3) is 5.91 Å². The number of hydrogen-bond acceptors (Lipinski definition) is 6. The third-order valence-corrected chi connectivity index (χ3v) is 3.75. The van der Waals surface area contributed by atoms with E-state index in [9.17, 15) is 14.9 Å². The molecule has 0 aliphatic carbocycles. The Kier molecular flexibility index (Phi) is 6.60. The smallest absolute Gasteiger partial charge is 0.267 e. The van der Waals surface area contributed by atoms with E-state index in [4.69, 9.17) is 15.2 Å². The number of rotatable bonds is 6. The van der Waals surface area contributed by atoms with Gasteiger partial charge in [-0.15, -0.1) is 0 Å². The zero-order valence-corrected chi connectivity index (χ0v) is 15.7. The van der Waals surface area contributed by atoms with Crippen molar-refractivity contribution in [3.05, 3.63) is 54.2 Å². The van der Waals surface area contributed by atoms with Crippen LogP contribution in [0.3, 0.4) is 0 Å². The molecular formula is C20H20N4O4. The molecule has 2 rings (SSSR count). The van der Waals surface area contributed by atoms with Gasteiger partial charge in [-0.25, -0.2) is 0 Å². The molecule has 144 valence electrons. The van der Waals surface area contributed by atoms with Crippen LogP contribution in [0.1, 0.15) is 6.92 Å². The second kappa shape index (κ2) is 9.09. The molecule has 0 aliphatic rings. The second-order valence-corrected chi connectivity index (χ2v) is 5.66. The fourth-order valence-corrected chi connectivity index (χ4v) is 2.40. The largest absolute Gasteiger partial charge is 0.493 e. The predicted octanol–water partition coefficient (Wildman–Crippen LogP) is 2.69. The molecule has 0 aromatic heterocycles. The predicted molar refractivity (Wildman–Crippen MR) is 106 cm³/mol. The van der Waals surface area contributed by atoms with Crippen LogP contribution >= 0.6 is 0 Å². The average molecular weight is 380 g/mol. The molecule has 28 heavy (non-hydrogen) atoms. The van der Waals surface area contributed by atoms with E-state index in [0.717, 1.165) is 0 Å². The fraction of sp³-hybridized carbons (Fsp3) is 0.150. The Balaban J connectivity index is 2.31. The maximum Gasteiger partial charge on any atom is 0.267 e. The summed E-state index contributed by atoms with van der Waals surface area (Å²) in [7, 11) is 2.97. The number of ether oxygens (including phenoxy) is 2. The molecule has 3 N–H and O–H groups in total. The van der Waals surface area contributed by atoms with E-state index in [0.29, 0.717) is 28.6 Å². The Labute approximate surface area is 162 Å². The van der Waals surface area contributed by atoms with E-state index in [1.807, 2.05) is 6.07 Å². The molecule has 0 spiro atoms. The topological polar surface area (TPSA) is 118 Å². The molecule has 0 fully saturated rings. The quantitative estimate of drug-likeness (QED) is 0.452. The first kappa shape index (κ1) is 20.3. The zero-order valence-electron chi connectivity index (χ0n) is 15.7. The summed E-state index contributed by atoms with van der Waals surface area (Å²) in [5, 5.41) is 12.0. The molecule has 8 nitrogen and oxygen atoms in total. The van der Waals surface area contributed by atoms with E-state index in [1.165, 1.54) is 32.2 Å². The van der Waals surface area contributed by atoms with Crippen molar-refractivity contribution < 1.29 is 19.1 Å². The summed E-state index contributed by atoms with van der Waals surface area (Å²) in [6, 6.07) is 13.2. The highest BCUT2D eigenvalue weighted by molar-refractivity contribution is 6.08. The average Bonchev–Trinajstić information content (AvgIpc) is 2.68. The van der Waals surface area contributed by atoms with Gasteiger partial charge in [0.2, 0.25) is 5.91 Å². The number of nitrogens with one attached hydrogen (secondary N) is 1. The van der Waals surface area contributed by atoms with Crippen LogP contribution in [0.5, 0.6) is 11.5 Å². The molecule has 0 aliphatic heterocycles. The second-order valence-electron chi connectivity index (χ2n) is 5.66. The lowest BCUT2D eigenvalue weighted by atomic mass is 10.2. The van der Waals surface area contributed by atoms with Gasteiger partial charge >= 0.3 is 0 Å². The number of methoxy groups -OCH3 is 2. The van der Waals surface area contributed by atoms with Gasteiger partial charge in [0, 0.05) is 30.6 Å². The van der Waals surface area contributed by atoms with Crippen LogP contribution in [0.4, 0.5) is 17.1 Å². The molecule has 0 unspecified atom stereocenters. The summed E-state index contributed by atoms with van der Waals surface area (Å²) in [5.74, 6) is -0.129. The first-order chi connectivity index (χ1) is 13.4. The number of carbonyl (C=O) groups excluding carboxylic acids is 2. The van der Waals surface area contributed by atoms with Crippen LogP contribution in [0.15, 0.2) is 54.2 Å². The van der Waals surface area contributed by atoms with E-state index in [-0.39, 0.29) is 11.5 Å². The Hall–Kier alpha value is -3.99. The van der Waals surface area contributed by atoms with Gasteiger partial charge in [0.15, 0.2) is 11.5 Å². The number of hydrogen-bond donors (Lipinski definition) is 2. The monoisotopic (exact) mass is 380 g/mol. The van der Waals surface area contributed by atoms with E-state index >= 15 is 0 Å². The number of anilines is 3. The van der Waals surface area contributed by atoms with Crippen molar-refractivity contribution in [2.45, 2.75) is 6.92 Å². The molecule has 0 bridgehead atoms. The van der Waals surface area contributed by atoms with Crippen LogP contribution in [0, 0.1) is 11.3 Å². The van der Waals surface area contributed by atoms with Crippen molar-refractivity contribution in [2.75, 3.05) is 30.2 Å². The fourth-order valence-electron chi connectivity index (χ4n) is 2.40. The summed E-state index contributed by atoms with van der Waals surface area (Å²) in [6.45, 7) is 1.32. The number of benzene rings is 2. The standard InChI is InChI=1S/C20H20N4O4/c1-13(25)24(17-6-4-5-15(22)9-17)12-14(11-21)20(26)23-16-7-8-18(27-2)19(10-16)28-3/h4-10,12H,22H2,1-3H3,(H,23,26)/b14-12-. The van der Waals surface area contributed by atoms with Crippen molar-refractivity contribution in [1.82, 2.24) is 0 Å². The zero-order chi connectivity index (χ0) is 20.7. The highest BCUT2D eigenvalue weighted by Gasteiger charge is 2.16. The lowest BCUT2D eigenvalue weighted by Crippen LogP contribution is -2.25. The molecule has 0 atom stereocenters. The maximum atomic E-state index is 12.5. The maximum absolute atomic E-state index is 12.5. The molecule has 2 amide bonds. The number of carbonyl (C=O) groups is 2. The molecule has 0 saturated carbocycles. The number of amides is 2. The Morgan fingerprint density at radius 1 is 1.14 bits per heavy atom. The Bertz CT molecular complexity index is 963. The van der Waals surface area contributed by atoms with Crippen LogP contribution in [0.25, 0.3) is 0 Å². The summed E-state index contributed by atoms with van der Waals surface area (Å²) in [6.07, 6.45) is 1.17. The van der Waals surface area contributed by atoms with Crippen LogP contribution in [0.2, 0.25) is 0 Å². The minimum Gasteiger partial charge on any atom is -0.493 e. The first-order valence-corrected chi connectivity index (χ1v) is 8.20.